The zero-order valence-electron chi connectivity index (χ0n) is 17.1. The second kappa shape index (κ2) is 8.32. The number of ether oxygens (including phenoxy) is 2. The van der Waals surface area contributed by atoms with Crippen molar-refractivity contribution in [2.45, 2.75) is 12.8 Å². The summed E-state index contributed by atoms with van der Waals surface area (Å²) in [7, 11) is 2.81. The fourth-order valence-corrected chi connectivity index (χ4v) is 3.47. The Bertz CT molecular complexity index is 1080. The van der Waals surface area contributed by atoms with Crippen LogP contribution in [0.3, 0.4) is 0 Å². The van der Waals surface area contributed by atoms with Crippen molar-refractivity contribution in [1.82, 2.24) is 9.97 Å². The molecule has 0 amide bonds. The molecule has 1 aromatic heterocycles. The van der Waals surface area contributed by atoms with Crippen molar-refractivity contribution >= 4 is 17.5 Å². The van der Waals surface area contributed by atoms with E-state index in [1.165, 1.54) is 26.0 Å². The minimum atomic E-state index is -0.525. The lowest BCUT2D eigenvalue weighted by Crippen LogP contribution is -2.22. The second-order valence-electron chi connectivity index (χ2n) is 6.98. The molecule has 2 aromatic carbocycles. The third-order valence-corrected chi connectivity index (χ3v) is 5.04. The molecule has 0 bridgehead atoms. The van der Waals surface area contributed by atoms with E-state index in [1.807, 2.05) is 18.2 Å². The third kappa shape index (κ3) is 3.74. The van der Waals surface area contributed by atoms with Gasteiger partial charge in [-0.25, -0.2) is 14.8 Å². The molecule has 152 valence electrons. The summed E-state index contributed by atoms with van der Waals surface area (Å²) >= 11 is 0. The third-order valence-electron chi connectivity index (χ3n) is 5.04. The topological polar surface area (TPSA) is 76.9 Å². The number of methoxy groups -OCH3 is 2. The SMILES string of the molecule is COC(=O)c1cnc(OC)nc1N1CC(c2ccccc2)C(c2ccc(C)cc2)=N1. The van der Waals surface area contributed by atoms with Crippen LogP contribution >= 0.6 is 0 Å². The summed E-state index contributed by atoms with van der Waals surface area (Å²) in [6.45, 7) is 2.58. The van der Waals surface area contributed by atoms with Crippen LogP contribution in [-0.4, -0.2) is 42.4 Å². The van der Waals surface area contributed by atoms with Crippen LogP contribution in [0.15, 0.2) is 65.9 Å². The van der Waals surface area contributed by atoms with Crippen molar-refractivity contribution in [3.8, 4) is 6.01 Å². The summed E-state index contributed by atoms with van der Waals surface area (Å²) in [5, 5.41) is 6.59. The van der Waals surface area contributed by atoms with E-state index in [2.05, 4.69) is 53.3 Å². The standard InChI is InChI=1S/C23H22N4O3/c1-15-9-11-17(12-10-15)20-19(16-7-5-4-6-8-16)14-27(26-20)21-18(22(28)29-2)13-24-23(25-21)30-3/h4-13,19H,14H2,1-3H3. The average molecular weight is 402 g/mol. The van der Waals surface area contributed by atoms with Crippen LogP contribution in [0.5, 0.6) is 6.01 Å². The van der Waals surface area contributed by atoms with Crippen LogP contribution < -0.4 is 9.75 Å². The summed E-state index contributed by atoms with van der Waals surface area (Å²) in [4.78, 5) is 20.8. The van der Waals surface area contributed by atoms with Gasteiger partial charge in [0.2, 0.25) is 0 Å². The first-order valence-corrected chi connectivity index (χ1v) is 9.58. The largest absolute Gasteiger partial charge is 0.467 e. The Kier molecular flexibility index (Phi) is 5.43. The zero-order valence-corrected chi connectivity index (χ0v) is 17.1. The Hall–Kier alpha value is -3.74. The maximum atomic E-state index is 12.3. The van der Waals surface area contributed by atoms with Gasteiger partial charge in [-0.05, 0) is 18.1 Å². The van der Waals surface area contributed by atoms with E-state index < -0.39 is 5.97 Å². The van der Waals surface area contributed by atoms with Gasteiger partial charge in [0.1, 0.15) is 5.56 Å². The van der Waals surface area contributed by atoms with Gasteiger partial charge in [-0.3, -0.25) is 0 Å². The quantitative estimate of drug-likeness (QED) is 0.607. The van der Waals surface area contributed by atoms with E-state index in [4.69, 9.17) is 14.6 Å². The van der Waals surface area contributed by atoms with Gasteiger partial charge in [0, 0.05) is 5.92 Å². The van der Waals surface area contributed by atoms with E-state index in [9.17, 15) is 4.79 Å². The lowest BCUT2D eigenvalue weighted by Gasteiger charge is -2.18. The zero-order chi connectivity index (χ0) is 21.1. The van der Waals surface area contributed by atoms with Crippen molar-refractivity contribution in [3.63, 3.8) is 0 Å². The lowest BCUT2D eigenvalue weighted by atomic mass is 9.90. The Labute approximate surface area is 175 Å². The van der Waals surface area contributed by atoms with Gasteiger partial charge in [-0.15, -0.1) is 0 Å². The maximum Gasteiger partial charge on any atom is 0.343 e. The molecule has 0 N–H and O–H groups in total. The van der Waals surface area contributed by atoms with Crippen LogP contribution in [0.2, 0.25) is 0 Å². The number of hydrogen-bond donors (Lipinski definition) is 0. The molecule has 1 aliphatic rings. The molecule has 0 radical (unpaired) electrons. The van der Waals surface area contributed by atoms with Gasteiger partial charge in [-0.1, -0.05) is 60.2 Å². The molecular weight excluding hydrogens is 380 g/mol. The summed E-state index contributed by atoms with van der Waals surface area (Å²) < 4.78 is 10.1. The Balaban J connectivity index is 1.82. The molecule has 0 aliphatic carbocycles. The molecule has 4 rings (SSSR count). The minimum absolute atomic E-state index is 0.0142. The number of rotatable bonds is 5. The lowest BCUT2D eigenvalue weighted by molar-refractivity contribution is 0.0600. The number of esters is 1. The number of aryl methyl sites for hydroxylation is 1. The van der Waals surface area contributed by atoms with Crippen LogP contribution in [0, 0.1) is 6.92 Å². The number of nitrogens with zero attached hydrogens (tertiary/aromatic N) is 4. The van der Waals surface area contributed by atoms with E-state index >= 15 is 0 Å². The van der Waals surface area contributed by atoms with Crippen LogP contribution in [0.1, 0.15) is 33.0 Å². The van der Waals surface area contributed by atoms with Gasteiger partial charge < -0.3 is 9.47 Å². The van der Waals surface area contributed by atoms with Gasteiger partial charge in [0.15, 0.2) is 5.82 Å². The van der Waals surface area contributed by atoms with Crippen molar-refractivity contribution in [1.29, 1.82) is 0 Å². The van der Waals surface area contributed by atoms with E-state index in [-0.39, 0.29) is 17.5 Å². The van der Waals surface area contributed by atoms with Crippen LogP contribution in [0.4, 0.5) is 5.82 Å². The fourth-order valence-electron chi connectivity index (χ4n) is 3.47. The molecular formula is C23H22N4O3. The average Bonchev–Trinajstić information content (AvgIpc) is 3.24. The maximum absolute atomic E-state index is 12.3. The number of hydrogen-bond acceptors (Lipinski definition) is 7. The van der Waals surface area contributed by atoms with Crippen molar-refractivity contribution in [2.75, 3.05) is 25.8 Å². The molecule has 0 spiro atoms. The number of hydrazone groups is 1. The highest BCUT2D eigenvalue weighted by Gasteiger charge is 2.33. The molecule has 0 fully saturated rings. The molecule has 30 heavy (non-hydrogen) atoms. The first-order chi connectivity index (χ1) is 14.6. The molecule has 1 unspecified atom stereocenters. The summed E-state index contributed by atoms with van der Waals surface area (Å²) in [6.07, 6.45) is 1.41. The van der Waals surface area contributed by atoms with Gasteiger partial charge in [0.05, 0.1) is 32.7 Å². The van der Waals surface area contributed by atoms with Crippen molar-refractivity contribution in [2.24, 2.45) is 5.10 Å². The first kappa shape index (κ1) is 19.6. The molecule has 7 nitrogen and oxygen atoms in total. The van der Waals surface area contributed by atoms with E-state index in [1.54, 1.807) is 5.01 Å². The smallest absolute Gasteiger partial charge is 0.343 e. The molecule has 1 aliphatic heterocycles. The monoisotopic (exact) mass is 402 g/mol. The number of benzene rings is 2. The van der Waals surface area contributed by atoms with Gasteiger partial charge >= 0.3 is 12.0 Å². The molecule has 2 heterocycles. The van der Waals surface area contributed by atoms with Crippen LogP contribution in [0.25, 0.3) is 0 Å². The number of anilines is 1. The highest BCUT2D eigenvalue weighted by molar-refractivity contribution is 6.08. The van der Waals surface area contributed by atoms with E-state index in [0.29, 0.717) is 12.4 Å². The van der Waals surface area contributed by atoms with Crippen LogP contribution in [-0.2, 0) is 4.74 Å². The number of aromatic nitrogens is 2. The Morgan fingerprint density at radius 3 is 2.47 bits per heavy atom. The second-order valence-corrected chi connectivity index (χ2v) is 6.98. The predicted molar refractivity (Wildman–Crippen MR) is 114 cm³/mol. The van der Waals surface area contributed by atoms with Crippen molar-refractivity contribution < 1.29 is 14.3 Å². The minimum Gasteiger partial charge on any atom is -0.467 e. The molecule has 7 heteroatoms. The summed E-state index contributed by atoms with van der Waals surface area (Å²) in [6, 6.07) is 18.6. The summed E-state index contributed by atoms with van der Waals surface area (Å²) in [5.41, 5.74) is 4.49. The van der Waals surface area contributed by atoms with Crippen molar-refractivity contribution in [3.05, 3.63) is 83.0 Å². The highest BCUT2D eigenvalue weighted by Crippen LogP contribution is 2.33. The summed E-state index contributed by atoms with van der Waals surface area (Å²) in [5.74, 6) is -0.153. The normalized spacial score (nSPS) is 15.6. The molecule has 3 aromatic rings. The number of carbonyl (C=O) groups is 1. The molecule has 0 saturated carbocycles. The van der Waals surface area contributed by atoms with Gasteiger partial charge in [0.25, 0.3) is 0 Å². The molecule has 0 saturated heterocycles. The first-order valence-electron chi connectivity index (χ1n) is 9.58. The number of carbonyl (C=O) groups excluding carboxylic acids is 1. The van der Waals surface area contributed by atoms with Gasteiger partial charge in [-0.2, -0.15) is 10.1 Å². The molecule has 1 atom stereocenters. The predicted octanol–water partition coefficient (Wildman–Crippen LogP) is 3.59. The Morgan fingerprint density at radius 2 is 1.80 bits per heavy atom. The highest BCUT2D eigenvalue weighted by atomic mass is 16.5. The Morgan fingerprint density at radius 1 is 1.07 bits per heavy atom. The fraction of sp³-hybridized carbons (Fsp3) is 0.217. The van der Waals surface area contributed by atoms with E-state index in [0.717, 1.165) is 16.8 Å².